The van der Waals surface area contributed by atoms with Crippen molar-refractivity contribution in [3.05, 3.63) is 53.7 Å². The van der Waals surface area contributed by atoms with Gasteiger partial charge in [-0.3, -0.25) is 4.31 Å². The maximum atomic E-state index is 13.5. The van der Waals surface area contributed by atoms with Crippen LogP contribution in [0, 0.1) is 5.92 Å². The second-order valence-corrected chi connectivity index (χ2v) is 11.1. The first-order valence-electron chi connectivity index (χ1n) is 10.6. The molecule has 9 heteroatoms. The smallest absolute Gasteiger partial charge is 0.354 e. The molecule has 2 heterocycles. The van der Waals surface area contributed by atoms with Crippen LogP contribution in [0.15, 0.2) is 58.0 Å². The van der Waals surface area contributed by atoms with E-state index >= 15 is 0 Å². The largest absolute Gasteiger partial charge is 0.477 e. The maximum absolute atomic E-state index is 13.5. The summed E-state index contributed by atoms with van der Waals surface area (Å²) in [6.07, 6.45) is 5.04. The highest BCUT2D eigenvalue weighted by Gasteiger charge is 2.41. The number of fused-ring (bicyclic) bond motifs is 2. The second-order valence-electron chi connectivity index (χ2n) is 8.14. The molecule has 0 atom stereocenters. The van der Waals surface area contributed by atoms with Crippen molar-refractivity contribution in [1.29, 1.82) is 0 Å². The van der Waals surface area contributed by atoms with Gasteiger partial charge in [0.25, 0.3) is 10.0 Å². The fourth-order valence-corrected chi connectivity index (χ4v) is 7.51. The van der Waals surface area contributed by atoms with Gasteiger partial charge in [-0.15, -0.1) is 0 Å². The lowest BCUT2D eigenvalue weighted by molar-refractivity contribution is -0.133. The Morgan fingerprint density at radius 3 is 2.59 bits per heavy atom. The molecule has 2 aliphatic heterocycles. The molecule has 0 radical (unpaired) electrons. The summed E-state index contributed by atoms with van der Waals surface area (Å²) in [6, 6.07) is 12.0. The molecule has 0 bridgehead atoms. The molecule has 0 saturated heterocycles. The van der Waals surface area contributed by atoms with Gasteiger partial charge in [-0.25, -0.2) is 13.2 Å². The molecular formula is C23H23NO6S2. The average Bonchev–Trinajstić information content (AvgIpc) is 3.26. The van der Waals surface area contributed by atoms with E-state index in [9.17, 15) is 18.3 Å². The number of nitrogens with zero attached hydrogens (tertiary/aromatic N) is 1. The van der Waals surface area contributed by atoms with Gasteiger partial charge in [0, 0.05) is 17.0 Å². The van der Waals surface area contributed by atoms with Crippen LogP contribution in [0.2, 0.25) is 0 Å². The van der Waals surface area contributed by atoms with Gasteiger partial charge >= 0.3 is 5.97 Å². The van der Waals surface area contributed by atoms with E-state index in [0.717, 1.165) is 41.3 Å². The molecule has 1 saturated carbocycles. The summed E-state index contributed by atoms with van der Waals surface area (Å²) in [7, 11) is -3.97. The second kappa shape index (κ2) is 8.37. The molecule has 1 fully saturated rings. The Labute approximate surface area is 191 Å². The maximum Gasteiger partial charge on any atom is 0.354 e. The van der Waals surface area contributed by atoms with E-state index in [-0.39, 0.29) is 29.8 Å². The molecule has 3 aliphatic rings. The summed E-state index contributed by atoms with van der Waals surface area (Å²) in [6.45, 7) is 0.326. The Hall–Kier alpha value is -2.65. The van der Waals surface area contributed by atoms with Crippen LogP contribution in [0.1, 0.15) is 37.7 Å². The minimum absolute atomic E-state index is 0.142. The van der Waals surface area contributed by atoms with Crippen molar-refractivity contribution in [2.75, 3.05) is 13.3 Å². The number of benzene rings is 2. The summed E-state index contributed by atoms with van der Waals surface area (Å²) >= 11 is 1.23. The molecular weight excluding hydrogens is 450 g/mol. The number of carboxylic acid groups (broad SMARTS) is 1. The summed E-state index contributed by atoms with van der Waals surface area (Å²) in [4.78, 5) is 13.8. The third kappa shape index (κ3) is 3.73. The van der Waals surface area contributed by atoms with E-state index < -0.39 is 16.0 Å². The lowest BCUT2D eigenvalue weighted by Gasteiger charge is -2.35. The normalized spacial score (nSPS) is 19.7. The highest BCUT2D eigenvalue weighted by atomic mass is 32.2. The number of aliphatic carboxylic acids is 1. The van der Waals surface area contributed by atoms with Crippen molar-refractivity contribution in [1.82, 2.24) is 4.31 Å². The Morgan fingerprint density at radius 2 is 1.81 bits per heavy atom. The van der Waals surface area contributed by atoms with E-state index in [1.165, 1.54) is 11.8 Å². The van der Waals surface area contributed by atoms with Crippen LogP contribution in [0.5, 0.6) is 11.5 Å². The fraction of sp³-hybridized carbons (Fsp3) is 0.348. The van der Waals surface area contributed by atoms with Gasteiger partial charge in [0.1, 0.15) is 0 Å². The van der Waals surface area contributed by atoms with Gasteiger partial charge in [-0.05, 0) is 43.0 Å². The number of carboxylic acids is 1. The predicted octanol–water partition coefficient (Wildman–Crippen LogP) is 4.55. The summed E-state index contributed by atoms with van der Waals surface area (Å²) < 4.78 is 39.0. The molecule has 0 aromatic heterocycles. The highest BCUT2D eigenvalue weighted by molar-refractivity contribution is 8.08. The van der Waals surface area contributed by atoms with Gasteiger partial charge in [0.2, 0.25) is 6.79 Å². The van der Waals surface area contributed by atoms with Crippen LogP contribution in [-0.2, 0) is 14.8 Å². The number of carbonyl (C=O) groups is 1. The molecule has 0 spiro atoms. The summed E-state index contributed by atoms with van der Waals surface area (Å²) in [5, 5.41) is 10.2. The zero-order valence-electron chi connectivity index (χ0n) is 17.3. The number of ether oxygens (including phenoxy) is 2. The molecule has 0 unspecified atom stereocenters. The monoisotopic (exact) mass is 473 g/mol. The zero-order chi connectivity index (χ0) is 22.3. The van der Waals surface area contributed by atoms with E-state index in [1.54, 1.807) is 36.4 Å². The van der Waals surface area contributed by atoms with Crippen molar-refractivity contribution < 1.29 is 27.8 Å². The Kier molecular flexibility index (Phi) is 5.54. The Balaban J connectivity index is 1.62. The SMILES string of the molecule is O=C(O)C1=C(Sc2ccc3c(c2)OCO3)c2ccccc2S(=O)(=O)N1CC1CCCCC1. The van der Waals surface area contributed by atoms with Crippen molar-refractivity contribution in [2.45, 2.75) is 41.9 Å². The molecule has 0 amide bonds. The lowest BCUT2D eigenvalue weighted by atomic mass is 9.89. The van der Waals surface area contributed by atoms with Gasteiger partial charge in [0.05, 0.1) is 9.80 Å². The van der Waals surface area contributed by atoms with Gasteiger partial charge in [-0.1, -0.05) is 49.2 Å². The van der Waals surface area contributed by atoms with Crippen LogP contribution < -0.4 is 9.47 Å². The lowest BCUT2D eigenvalue weighted by Crippen LogP contribution is -2.41. The first-order valence-corrected chi connectivity index (χ1v) is 12.9. The molecule has 32 heavy (non-hydrogen) atoms. The van der Waals surface area contributed by atoms with E-state index in [1.807, 2.05) is 6.07 Å². The minimum Gasteiger partial charge on any atom is -0.477 e. The van der Waals surface area contributed by atoms with E-state index in [2.05, 4.69) is 0 Å². The molecule has 2 aromatic carbocycles. The average molecular weight is 474 g/mol. The third-order valence-corrected chi connectivity index (χ3v) is 9.01. The Morgan fingerprint density at radius 1 is 1.06 bits per heavy atom. The van der Waals surface area contributed by atoms with Crippen molar-refractivity contribution in [3.8, 4) is 11.5 Å². The topological polar surface area (TPSA) is 93.1 Å². The van der Waals surface area contributed by atoms with Crippen molar-refractivity contribution >= 4 is 32.7 Å². The first kappa shape index (κ1) is 21.2. The minimum atomic E-state index is -3.97. The van der Waals surface area contributed by atoms with Gasteiger partial charge in [-0.2, -0.15) is 0 Å². The number of sulfonamides is 1. The van der Waals surface area contributed by atoms with Crippen molar-refractivity contribution in [2.24, 2.45) is 5.92 Å². The zero-order valence-corrected chi connectivity index (χ0v) is 19.0. The van der Waals surface area contributed by atoms with Gasteiger partial charge in [0.15, 0.2) is 17.2 Å². The quantitative estimate of drug-likeness (QED) is 0.681. The number of hydrogen-bond acceptors (Lipinski definition) is 6. The fourth-order valence-electron chi connectivity index (χ4n) is 4.52. The van der Waals surface area contributed by atoms with Gasteiger partial charge < -0.3 is 14.6 Å². The molecule has 7 nitrogen and oxygen atoms in total. The molecule has 2 aromatic rings. The standard InChI is InChI=1S/C23H23NO6S2/c25-23(26)21-22(31-16-10-11-18-19(12-16)30-14-29-18)17-8-4-5-9-20(17)32(27,28)24(21)13-15-6-2-1-3-7-15/h4-5,8-12,15H,1-3,6-7,13-14H2,(H,25,26). The van der Waals surface area contributed by atoms with Crippen LogP contribution in [0.4, 0.5) is 0 Å². The highest BCUT2D eigenvalue weighted by Crippen LogP contribution is 2.47. The summed E-state index contributed by atoms with van der Waals surface area (Å²) in [5.41, 5.74) is 0.226. The summed E-state index contributed by atoms with van der Waals surface area (Å²) in [5.74, 6) is 0.118. The number of thioether (sulfide) groups is 1. The van der Waals surface area contributed by atoms with E-state index in [0.29, 0.717) is 22.0 Å². The molecule has 168 valence electrons. The molecule has 5 rings (SSSR count). The van der Waals surface area contributed by atoms with Crippen LogP contribution in [-0.4, -0.2) is 37.1 Å². The molecule has 1 N–H and O–H groups in total. The molecule has 1 aliphatic carbocycles. The Bertz CT molecular complexity index is 1200. The first-order chi connectivity index (χ1) is 15.4. The number of rotatable bonds is 5. The number of hydrogen-bond donors (Lipinski definition) is 1. The van der Waals surface area contributed by atoms with Crippen LogP contribution >= 0.6 is 11.8 Å². The third-order valence-electron chi connectivity index (χ3n) is 6.08. The van der Waals surface area contributed by atoms with Crippen LogP contribution in [0.25, 0.3) is 4.91 Å². The van der Waals surface area contributed by atoms with Crippen molar-refractivity contribution in [3.63, 3.8) is 0 Å². The van der Waals surface area contributed by atoms with Crippen LogP contribution in [0.3, 0.4) is 0 Å². The predicted molar refractivity (Wildman–Crippen MR) is 120 cm³/mol. The van der Waals surface area contributed by atoms with E-state index in [4.69, 9.17) is 9.47 Å².